The summed E-state index contributed by atoms with van der Waals surface area (Å²) in [5.74, 6) is 1.68. The van der Waals surface area contributed by atoms with Crippen molar-refractivity contribution in [3.05, 3.63) is 35.9 Å². The first-order valence-electron chi connectivity index (χ1n) is 12.1. The fourth-order valence-corrected chi connectivity index (χ4v) is 9.93. The standard InChI is InChI=1S/C26H33BrO4/c1-24-11-10-20-18(13-22-26(27)14-17(28)9-12-25(20,26)15-30-22)19(24)7-8-21(24)31-23(29)16-5-3-2-4-6-16/h2-6,17-22,28H,7-15H2,1H3/t17-,18-,19-,20+,21+,22+,24+,25-,26-/m0/s1. The number of alkyl halides is 1. The maximum atomic E-state index is 12.8. The van der Waals surface area contributed by atoms with E-state index in [-0.39, 0.29) is 39.4 Å². The molecule has 2 bridgehead atoms. The topological polar surface area (TPSA) is 55.8 Å². The normalized spacial score (nSPS) is 50.3. The Labute approximate surface area is 193 Å². The van der Waals surface area contributed by atoms with Crippen LogP contribution in [0.5, 0.6) is 0 Å². The van der Waals surface area contributed by atoms with E-state index in [0.29, 0.717) is 23.3 Å². The van der Waals surface area contributed by atoms with Crippen LogP contribution in [0.25, 0.3) is 0 Å². The van der Waals surface area contributed by atoms with Gasteiger partial charge in [0.15, 0.2) is 0 Å². The van der Waals surface area contributed by atoms with Crippen LogP contribution in [0.1, 0.15) is 68.6 Å². The summed E-state index contributed by atoms with van der Waals surface area (Å²) < 4.78 is 12.5. The minimum absolute atomic E-state index is 0.00561. The zero-order valence-electron chi connectivity index (χ0n) is 18.3. The molecule has 4 saturated carbocycles. The van der Waals surface area contributed by atoms with Crippen molar-refractivity contribution < 1.29 is 19.4 Å². The number of fused-ring (bicyclic) bond motifs is 3. The molecule has 0 radical (unpaired) electrons. The van der Waals surface area contributed by atoms with Gasteiger partial charge in [-0.3, -0.25) is 0 Å². The third-order valence-electron chi connectivity index (χ3n) is 10.1. The zero-order valence-corrected chi connectivity index (χ0v) is 19.9. The molecular formula is C26H33BrO4. The van der Waals surface area contributed by atoms with E-state index in [0.717, 1.165) is 51.6 Å². The molecule has 1 heterocycles. The number of aliphatic hydroxyl groups is 1. The van der Waals surface area contributed by atoms with Crippen LogP contribution in [0.2, 0.25) is 0 Å². The molecule has 9 atom stereocenters. The number of hydrogen-bond donors (Lipinski definition) is 1. The molecule has 5 heteroatoms. The van der Waals surface area contributed by atoms with Gasteiger partial charge in [0.05, 0.1) is 28.7 Å². The average Bonchev–Trinajstić information content (AvgIpc) is 3.16. The van der Waals surface area contributed by atoms with Gasteiger partial charge in [-0.15, -0.1) is 0 Å². The van der Waals surface area contributed by atoms with Crippen LogP contribution in [0.15, 0.2) is 30.3 Å². The highest BCUT2D eigenvalue weighted by atomic mass is 79.9. The molecule has 168 valence electrons. The Kier molecular flexibility index (Phi) is 4.70. The third kappa shape index (κ3) is 2.75. The molecule has 1 aromatic rings. The number of esters is 1. The second-order valence-electron chi connectivity index (χ2n) is 11.2. The summed E-state index contributed by atoms with van der Waals surface area (Å²) in [6.45, 7) is 3.22. The predicted molar refractivity (Wildman–Crippen MR) is 121 cm³/mol. The Balaban J connectivity index is 1.26. The van der Waals surface area contributed by atoms with Crippen LogP contribution >= 0.6 is 15.9 Å². The molecule has 6 rings (SSSR count). The van der Waals surface area contributed by atoms with Gasteiger partial charge in [-0.1, -0.05) is 41.1 Å². The maximum Gasteiger partial charge on any atom is 0.338 e. The Hall–Kier alpha value is -0.910. The van der Waals surface area contributed by atoms with Crippen LogP contribution in [-0.2, 0) is 9.47 Å². The van der Waals surface area contributed by atoms with Gasteiger partial charge in [0, 0.05) is 10.8 Å². The summed E-state index contributed by atoms with van der Waals surface area (Å²) in [6.07, 6.45) is 8.24. The van der Waals surface area contributed by atoms with Gasteiger partial charge < -0.3 is 14.6 Å². The number of hydrogen-bond acceptors (Lipinski definition) is 4. The van der Waals surface area contributed by atoms with Crippen molar-refractivity contribution >= 4 is 21.9 Å². The number of carbonyl (C=O) groups excluding carboxylic acids is 1. The first-order chi connectivity index (χ1) is 14.9. The van der Waals surface area contributed by atoms with Crippen LogP contribution < -0.4 is 0 Å². The van der Waals surface area contributed by atoms with E-state index in [4.69, 9.17) is 9.47 Å². The highest BCUT2D eigenvalue weighted by molar-refractivity contribution is 9.10. The maximum absolute atomic E-state index is 12.8. The van der Waals surface area contributed by atoms with Crippen molar-refractivity contribution in [1.29, 1.82) is 0 Å². The minimum Gasteiger partial charge on any atom is -0.458 e. The van der Waals surface area contributed by atoms with Gasteiger partial charge in [0.25, 0.3) is 0 Å². The summed E-state index contributed by atoms with van der Waals surface area (Å²) in [4.78, 5) is 12.8. The number of aliphatic hydroxyl groups excluding tert-OH is 1. The minimum atomic E-state index is -0.213. The van der Waals surface area contributed by atoms with Gasteiger partial charge in [-0.05, 0) is 81.3 Å². The molecule has 0 spiro atoms. The van der Waals surface area contributed by atoms with Crippen LogP contribution in [0.3, 0.4) is 0 Å². The Morgan fingerprint density at radius 3 is 2.74 bits per heavy atom. The van der Waals surface area contributed by atoms with Crippen molar-refractivity contribution in [2.24, 2.45) is 28.6 Å². The van der Waals surface area contributed by atoms with E-state index in [1.807, 2.05) is 30.3 Å². The molecule has 0 amide bonds. The van der Waals surface area contributed by atoms with Crippen molar-refractivity contribution in [2.75, 3.05) is 6.61 Å². The van der Waals surface area contributed by atoms with E-state index >= 15 is 0 Å². The van der Waals surface area contributed by atoms with Gasteiger partial charge in [-0.25, -0.2) is 4.79 Å². The lowest BCUT2D eigenvalue weighted by Crippen LogP contribution is -2.63. The van der Waals surface area contributed by atoms with E-state index in [1.54, 1.807) is 0 Å². The van der Waals surface area contributed by atoms with Crippen LogP contribution in [-0.4, -0.2) is 40.3 Å². The summed E-state index contributed by atoms with van der Waals surface area (Å²) >= 11 is 4.16. The largest absolute Gasteiger partial charge is 0.458 e. The van der Waals surface area contributed by atoms with Gasteiger partial charge in [0.1, 0.15) is 6.10 Å². The fourth-order valence-electron chi connectivity index (χ4n) is 8.63. The van der Waals surface area contributed by atoms with Crippen molar-refractivity contribution in [3.8, 4) is 0 Å². The number of ether oxygens (including phenoxy) is 2. The molecular weight excluding hydrogens is 456 g/mol. The molecule has 4 nitrogen and oxygen atoms in total. The Morgan fingerprint density at radius 2 is 1.94 bits per heavy atom. The quantitative estimate of drug-likeness (QED) is 0.463. The lowest BCUT2D eigenvalue weighted by atomic mass is 9.45. The number of benzene rings is 1. The van der Waals surface area contributed by atoms with E-state index in [2.05, 4.69) is 22.9 Å². The third-order valence-corrected chi connectivity index (χ3v) is 11.8. The Bertz CT molecular complexity index is 875. The summed E-state index contributed by atoms with van der Waals surface area (Å²) in [5, 5.41) is 10.4. The molecule has 1 saturated heterocycles. The summed E-state index contributed by atoms with van der Waals surface area (Å²) in [5.41, 5.74) is 0.860. The molecule has 0 aromatic heterocycles. The fraction of sp³-hybridized carbons (Fsp3) is 0.731. The molecule has 1 aromatic carbocycles. The smallest absolute Gasteiger partial charge is 0.338 e. The lowest BCUT2D eigenvalue weighted by Gasteiger charge is -2.62. The molecule has 1 N–H and O–H groups in total. The number of rotatable bonds is 2. The number of carbonyl (C=O) groups is 1. The highest BCUT2D eigenvalue weighted by Gasteiger charge is 2.72. The molecule has 5 fully saturated rings. The zero-order chi connectivity index (χ0) is 21.4. The van der Waals surface area contributed by atoms with Gasteiger partial charge in [-0.2, -0.15) is 0 Å². The molecule has 31 heavy (non-hydrogen) atoms. The van der Waals surface area contributed by atoms with Crippen molar-refractivity contribution in [3.63, 3.8) is 0 Å². The van der Waals surface area contributed by atoms with Crippen LogP contribution in [0, 0.1) is 28.6 Å². The van der Waals surface area contributed by atoms with E-state index < -0.39 is 0 Å². The molecule has 4 aliphatic carbocycles. The van der Waals surface area contributed by atoms with Gasteiger partial charge in [0.2, 0.25) is 0 Å². The number of halogens is 1. The monoisotopic (exact) mass is 488 g/mol. The molecule has 1 aliphatic heterocycles. The first-order valence-corrected chi connectivity index (χ1v) is 12.9. The summed E-state index contributed by atoms with van der Waals surface area (Å²) in [7, 11) is 0. The lowest BCUT2D eigenvalue weighted by molar-refractivity contribution is -0.114. The SMILES string of the molecule is C[C@@]12CC[C@@H]3[C@@H](C[C@H]4OC[C@@]35CC[C@H](O)C[C@]45Br)[C@@H]1CC[C@H]2OC(=O)c1ccccc1. The second kappa shape index (κ2) is 7.04. The molecule has 5 aliphatic rings. The summed E-state index contributed by atoms with van der Waals surface area (Å²) in [6, 6.07) is 9.41. The van der Waals surface area contributed by atoms with E-state index in [1.165, 1.54) is 6.42 Å². The predicted octanol–water partition coefficient (Wildman–Crippen LogP) is 5.12. The van der Waals surface area contributed by atoms with Crippen LogP contribution in [0.4, 0.5) is 0 Å². The Morgan fingerprint density at radius 1 is 1.13 bits per heavy atom. The first kappa shape index (κ1) is 20.7. The average molecular weight is 489 g/mol. The van der Waals surface area contributed by atoms with Crippen molar-refractivity contribution in [1.82, 2.24) is 0 Å². The van der Waals surface area contributed by atoms with Crippen molar-refractivity contribution in [2.45, 2.75) is 80.9 Å². The second-order valence-corrected chi connectivity index (χ2v) is 12.6. The molecule has 0 unspecified atom stereocenters. The van der Waals surface area contributed by atoms with Gasteiger partial charge >= 0.3 is 5.97 Å². The van der Waals surface area contributed by atoms with E-state index in [9.17, 15) is 9.90 Å². The highest BCUT2D eigenvalue weighted by Crippen LogP contribution is 2.72.